The van der Waals surface area contributed by atoms with Gasteiger partial charge in [0.1, 0.15) is 0 Å². The van der Waals surface area contributed by atoms with E-state index in [0.29, 0.717) is 6.04 Å². The number of nitrogens with zero attached hydrogens (tertiary/aromatic N) is 2. The zero-order valence-electron chi connectivity index (χ0n) is 11.3. The summed E-state index contributed by atoms with van der Waals surface area (Å²) in [6.45, 7) is 9.33. The molecule has 1 atom stereocenters. The van der Waals surface area contributed by atoms with Gasteiger partial charge in [-0.25, -0.2) is 0 Å². The molecule has 1 saturated heterocycles. The van der Waals surface area contributed by atoms with Crippen LogP contribution in [0.5, 0.6) is 0 Å². The average Bonchev–Trinajstić information content (AvgIpc) is 2.32. The van der Waals surface area contributed by atoms with Gasteiger partial charge >= 0.3 is 0 Å². The van der Waals surface area contributed by atoms with E-state index < -0.39 is 0 Å². The Labute approximate surface area is 105 Å². The van der Waals surface area contributed by atoms with Crippen molar-refractivity contribution in [2.75, 3.05) is 26.7 Å². The molecular formula is C15H24N2. The van der Waals surface area contributed by atoms with Crippen molar-refractivity contribution < 1.29 is 0 Å². The first-order valence-electron chi connectivity index (χ1n) is 6.63. The number of likely N-dealkylation sites (N-methyl/N-ethyl adjacent to an activating group) is 1. The summed E-state index contributed by atoms with van der Waals surface area (Å²) in [6.07, 6.45) is 0. The second-order valence-corrected chi connectivity index (χ2v) is 5.51. The highest BCUT2D eigenvalue weighted by Gasteiger charge is 2.26. The molecule has 1 aliphatic rings. The molecule has 1 aliphatic heterocycles. The monoisotopic (exact) mass is 232 g/mol. The first-order chi connectivity index (χ1) is 8.16. The molecule has 1 aromatic rings. The van der Waals surface area contributed by atoms with Crippen molar-refractivity contribution in [1.29, 1.82) is 0 Å². The summed E-state index contributed by atoms with van der Waals surface area (Å²) in [5, 5.41) is 0. The molecule has 1 fully saturated rings. The van der Waals surface area contributed by atoms with Gasteiger partial charge in [-0.3, -0.25) is 4.90 Å². The summed E-state index contributed by atoms with van der Waals surface area (Å²) >= 11 is 0. The number of hydrogen-bond acceptors (Lipinski definition) is 2. The van der Waals surface area contributed by atoms with Crippen LogP contribution in [0.2, 0.25) is 0 Å². The normalized spacial score (nSPS) is 23.2. The highest BCUT2D eigenvalue weighted by atomic mass is 15.3. The lowest BCUT2D eigenvalue weighted by Crippen LogP contribution is -2.53. The Hall–Kier alpha value is -0.860. The van der Waals surface area contributed by atoms with Gasteiger partial charge in [0.25, 0.3) is 0 Å². The molecule has 0 bridgehead atoms. The van der Waals surface area contributed by atoms with Crippen LogP contribution in [0.25, 0.3) is 0 Å². The maximum Gasteiger partial charge on any atom is 0.0243 e. The van der Waals surface area contributed by atoms with Crippen molar-refractivity contribution in [2.45, 2.75) is 26.4 Å². The third-order valence-corrected chi connectivity index (χ3v) is 3.80. The van der Waals surface area contributed by atoms with Gasteiger partial charge in [0.05, 0.1) is 0 Å². The second kappa shape index (κ2) is 5.65. The number of rotatable bonds is 3. The van der Waals surface area contributed by atoms with E-state index in [4.69, 9.17) is 0 Å². The second-order valence-electron chi connectivity index (χ2n) is 5.51. The molecule has 0 aliphatic carbocycles. The highest BCUT2D eigenvalue weighted by Crippen LogP contribution is 2.17. The van der Waals surface area contributed by atoms with E-state index in [2.05, 4.69) is 61.0 Å². The minimum Gasteiger partial charge on any atom is -0.301 e. The molecular weight excluding hydrogens is 208 g/mol. The largest absolute Gasteiger partial charge is 0.301 e. The van der Waals surface area contributed by atoms with Gasteiger partial charge in [0, 0.05) is 32.2 Å². The maximum absolute atomic E-state index is 2.58. The Bertz CT molecular complexity index is 334. The molecule has 0 saturated carbocycles. The van der Waals surface area contributed by atoms with E-state index in [-0.39, 0.29) is 0 Å². The minimum absolute atomic E-state index is 0.701. The quantitative estimate of drug-likeness (QED) is 0.790. The first-order valence-corrected chi connectivity index (χ1v) is 6.63. The maximum atomic E-state index is 2.58. The van der Waals surface area contributed by atoms with E-state index in [0.717, 1.165) is 12.5 Å². The minimum atomic E-state index is 0.701. The summed E-state index contributed by atoms with van der Waals surface area (Å²) in [5.41, 5.74) is 1.43. The van der Waals surface area contributed by atoms with Crippen molar-refractivity contribution in [3.8, 4) is 0 Å². The van der Waals surface area contributed by atoms with Crippen LogP contribution in [-0.4, -0.2) is 42.5 Å². The third kappa shape index (κ3) is 3.30. The number of piperazine rings is 1. The van der Waals surface area contributed by atoms with Crippen molar-refractivity contribution in [1.82, 2.24) is 9.80 Å². The van der Waals surface area contributed by atoms with Crippen LogP contribution in [0.1, 0.15) is 19.4 Å². The fraction of sp³-hybridized carbons (Fsp3) is 0.600. The summed E-state index contributed by atoms with van der Waals surface area (Å²) < 4.78 is 0. The first kappa shape index (κ1) is 12.6. The molecule has 2 rings (SSSR count). The van der Waals surface area contributed by atoms with Crippen molar-refractivity contribution in [2.24, 2.45) is 5.92 Å². The molecule has 94 valence electrons. The van der Waals surface area contributed by atoms with Gasteiger partial charge in [-0.1, -0.05) is 44.2 Å². The Morgan fingerprint density at radius 1 is 1.18 bits per heavy atom. The highest BCUT2D eigenvalue weighted by molar-refractivity contribution is 5.14. The van der Waals surface area contributed by atoms with E-state index in [9.17, 15) is 0 Å². The van der Waals surface area contributed by atoms with Gasteiger partial charge < -0.3 is 4.90 Å². The predicted octanol–water partition coefficient (Wildman–Crippen LogP) is 2.46. The zero-order chi connectivity index (χ0) is 12.3. The molecule has 2 heteroatoms. The molecule has 0 amide bonds. The molecule has 17 heavy (non-hydrogen) atoms. The molecule has 1 heterocycles. The molecule has 2 nitrogen and oxygen atoms in total. The zero-order valence-corrected chi connectivity index (χ0v) is 11.3. The smallest absolute Gasteiger partial charge is 0.0243 e. The predicted molar refractivity (Wildman–Crippen MR) is 73.0 cm³/mol. The lowest BCUT2D eigenvalue weighted by molar-refractivity contribution is 0.0656. The standard InChI is InChI=1S/C15H24N2/c1-13(2)15-12-17(10-9-16(15)3)11-14-7-5-4-6-8-14/h4-8,13,15H,9-12H2,1-3H3/t15-/m1/s1. The van der Waals surface area contributed by atoms with Crippen molar-refractivity contribution in [3.63, 3.8) is 0 Å². The average molecular weight is 232 g/mol. The Morgan fingerprint density at radius 3 is 2.53 bits per heavy atom. The van der Waals surface area contributed by atoms with Crippen LogP contribution < -0.4 is 0 Å². The fourth-order valence-electron chi connectivity index (χ4n) is 2.67. The van der Waals surface area contributed by atoms with E-state index >= 15 is 0 Å². The fourth-order valence-corrected chi connectivity index (χ4v) is 2.67. The van der Waals surface area contributed by atoms with Crippen LogP contribution in [0, 0.1) is 5.92 Å². The van der Waals surface area contributed by atoms with Gasteiger partial charge in [0.2, 0.25) is 0 Å². The molecule has 1 aromatic carbocycles. The van der Waals surface area contributed by atoms with E-state index in [1.54, 1.807) is 0 Å². The lowest BCUT2D eigenvalue weighted by Gasteiger charge is -2.41. The number of benzene rings is 1. The molecule has 0 radical (unpaired) electrons. The van der Waals surface area contributed by atoms with Crippen LogP contribution in [-0.2, 0) is 6.54 Å². The van der Waals surface area contributed by atoms with Crippen LogP contribution in [0.4, 0.5) is 0 Å². The molecule has 0 spiro atoms. The Balaban J connectivity index is 1.95. The summed E-state index contributed by atoms with van der Waals surface area (Å²) in [5.74, 6) is 0.735. The van der Waals surface area contributed by atoms with E-state index in [1.807, 2.05) is 0 Å². The van der Waals surface area contributed by atoms with Crippen LogP contribution >= 0.6 is 0 Å². The summed E-state index contributed by atoms with van der Waals surface area (Å²) in [4.78, 5) is 5.09. The summed E-state index contributed by atoms with van der Waals surface area (Å²) in [6, 6.07) is 11.5. The lowest BCUT2D eigenvalue weighted by atomic mass is 10.00. The molecule has 0 unspecified atom stereocenters. The van der Waals surface area contributed by atoms with Gasteiger partial charge in [-0.15, -0.1) is 0 Å². The Kier molecular flexibility index (Phi) is 4.19. The van der Waals surface area contributed by atoms with E-state index in [1.165, 1.54) is 25.2 Å². The van der Waals surface area contributed by atoms with Crippen molar-refractivity contribution in [3.05, 3.63) is 35.9 Å². The van der Waals surface area contributed by atoms with Crippen LogP contribution in [0.15, 0.2) is 30.3 Å². The molecule has 0 N–H and O–H groups in total. The van der Waals surface area contributed by atoms with Gasteiger partial charge in [-0.2, -0.15) is 0 Å². The molecule has 0 aromatic heterocycles. The van der Waals surface area contributed by atoms with Gasteiger partial charge in [0.15, 0.2) is 0 Å². The summed E-state index contributed by atoms with van der Waals surface area (Å²) in [7, 11) is 2.25. The SMILES string of the molecule is CC(C)[C@H]1CN(Cc2ccccc2)CCN1C. The topological polar surface area (TPSA) is 6.48 Å². The van der Waals surface area contributed by atoms with Crippen LogP contribution in [0.3, 0.4) is 0 Å². The van der Waals surface area contributed by atoms with Gasteiger partial charge in [-0.05, 0) is 18.5 Å². The number of hydrogen-bond donors (Lipinski definition) is 0. The third-order valence-electron chi connectivity index (χ3n) is 3.80. The Morgan fingerprint density at radius 2 is 1.88 bits per heavy atom. The van der Waals surface area contributed by atoms with Crippen molar-refractivity contribution >= 4 is 0 Å².